The van der Waals surface area contributed by atoms with E-state index in [-0.39, 0.29) is 12.6 Å². The maximum atomic E-state index is 8.95. The summed E-state index contributed by atoms with van der Waals surface area (Å²) in [7, 11) is 0. The van der Waals surface area contributed by atoms with E-state index in [1.54, 1.807) is 12.3 Å². The number of aliphatic hydroxyl groups is 1. The average Bonchev–Trinajstić information content (AvgIpc) is 2.15. The molecule has 1 aromatic rings. The van der Waals surface area contributed by atoms with Gasteiger partial charge in [-0.15, -0.1) is 0 Å². The van der Waals surface area contributed by atoms with Crippen molar-refractivity contribution in [3.63, 3.8) is 0 Å². The topological polar surface area (TPSA) is 36.4 Å². The lowest BCUT2D eigenvalue weighted by atomic mass is 10.3. The van der Waals surface area contributed by atoms with Crippen LogP contribution in [0.2, 0.25) is 10.0 Å². The number of halogens is 2. The van der Waals surface area contributed by atoms with Crippen molar-refractivity contribution in [1.82, 2.24) is 4.98 Å². The Morgan fingerprint density at radius 1 is 1.47 bits per heavy atom. The molecule has 0 fully saturated rings. The Bertz CT molecular complexity index is 331. The van der Waals surface area contributed by atoms with Crippen LogP contribution in [0.5, 0.6) is 0 Å². The molecule has 0 saturated carbocycles. The van der Waals surface area contributed by atoms with Gasteiger partial charge < -0.3 is 10.0 Å². The summed E-state index contributed by atoms with van der Waals surface area (Å²) >= 11 is 11.8. The average molecular weight is 249 g/mol. The number of aliphatic hydroxyl groups excluding tert-OH is 1. The van der Waals surface area contributed by atoms with Crippen molar-refractivity contribution in [3.05, 3.63) is 22.3 Å². The number of aromatic nitrogens is 1. The molecule has 15 heavy (non-hydrogen) atoms. The second-order valence-corrected chi connectivity index (χ2v) is 4.31. The summed E-state index contributed by atoms with van der Waals surface area (Å²) in [5.74, 6) is 0.658. The SMILES string of the molecule is CC(C)N(CCO)c1ncc(Cl)cc1Cl. The molecule has 3 nitrogen and oxygen atoms in total. The van der Waals surface area contributed by atoms with Crippen LogP contribution in [-0.4, -0.2) is 29.3 Å². The van der Waals surface area contributed by atoms with Crippen LogP contribution in [0.15, 0.2) is 12.3 Å². The van der Waals surface area contributed by atoms with Crippen LogP contribution in [-0.2, 0) is 0 Å². The predicted molar refractivity (Wildman–Crippen MR) is 63.8 cm³/mol. The summed E-state index contributed by atoms with van der Waals surface area (Å²) in [5.41, 5.74) is 0. The second-order valence-electron chi connectivity index (χ2n) is 3.47. The van der Waals surface area contributed by atoms with Gasteiger partial charge in [0.1, 0.15) is 5.82 Å². The second kappa shape index (κ2) is 5.54. The summed E-state index contributed by atoms with van der Waals surface area (Å²) in [4.78, 5) is 6.10. The molecule has 0 aliphatic carbocycles. The number of rotatable bonds is 4. The highest BCUT2D eigenvalue weighted by Gasteiger charge is 2.14. The van der Waals surface area contributed by atoms with Crippen molar-refractivity contribution in [2.45, 2.75) is 19.9 Å². The molecule has 1 heterocycles. The minimum absolute atomic E-state index is 0.0683. The Morgan fingerprint density at radius 3 is 2.60 bits per heavy atom. The lowest BCUT2D eigenvalue weighted by molar-refractivity contribution is 0.298. The van der Waals surface area contributed by atoms with Crippen molar-refractivity contribution in [2.24, 2.45) is 0 Å². The third-order valence-electron chi connectivity index (χ3n) is 2.02. The maximum absolute atomic E-state index is 8.95. The summed E-state index contributed by atoms with van der Waals surface area (Å²) < 4.78 is 0. The normalized spacial score (nSPS) is 10.8. The third-order valence-corrected chi connectivity index (χ3v) is 2.51. The molecule has 5 heteroatoms. The van der Waals surface area contributed by atoms with E-state index in [4.69, 9.17) is 28.3 Å². The standard InChI is InChI=1S/C10H14Cl2N2O/c1-7(2)14(3-4-15)10-9(12)5-8(11)6-13-10/h5-7,15H,3-4H2,1-2H3. The largest absolute Gasteiger partial charge is 0.395 e. The highest BCUT2D eigenvalue weighted by molar-refractivity contribution is 6.36. The first-order chi connectivity index (χ1) is 7.06. The molecular formula is C10H14Cl2N2O. The summed E-state index contributed by atoms with van der Waals surface area (Å²) in [5, 5.41) is 9.97. The molecule has 1 N–H and O–H groups in total. The van der Waals surface area contributed by atoms with Gasteiger partial charge in [0.15, 0.2) is 0 Å². The number of anilines is 1. The Hall–Kier alpha value is -0.510. The molecule has 0 aliphatic rings. The Morgan fingerprint density at radius 2 is 2.13 bits per heavy atom. The fourth-order valence-corrected chi connectivity index (χ4v) is 1.82. The minimum atomic E-state index is 0.0683. The first-order valence-electron chi connectivity index (χ1n) is 4.74. The van der Waals surface area contributed by atoms with Crippen LogP contribution >= 0.6 is 23.2 Å². The smallest absolute Gasteiger partial charge is 0.147 e. The Labute approximate surface area is 99.6 Å². The highest BCUT2D eigenvalue weighted by Crippen LogP contribution is 2.26. The molecule has 0 unspecified atom stereocenters. The van der Waals surface area contributed by atoms with Gasteiger partial charge >= 0.3 is 0 Å². The van der Waals surface area contributed by atoms with Crippen molar-refractivity contribution >= 4 is 29.0 Å². The zero-order valence-corrected chi connectivity index (χ0v) is 10.3. The van der Waals surface area contributed by atoms with Crippen molar-refractivity contribution in [3.8, 4) is 0 Å². The number of pyridine rings is 1. The Balaban J connectivity index is 3.00. The quantitative estimate of drug-likeness (QED) is 0.890. The number of nitrogens with zero attached hydrogens (tertiary/aromatic N) is 2. The molecule has 0 aliphatic heterocycles. The van der Waals surface area contributed by atoms with Gasteiger partial charge in [-0.05, 0) is 19.9 Å². The van der Waals surface area contributed by atoms with E-state index in [1.807, 2.05) is 18.7 Å². The van der Waals surface area contributed by atoms with Gasteiger partial charge in [-0.25, -0.2) is 4.98 Å². The zero-order chi connectivity index (χ0) is 11.4. The van der Waals surface area contributed by atoms with Crippen LogP contribution < -0.4 is 4.90 Å². The number of hydrogen-bond donors (Lipinski definition) is 1. The van der Waals surface area contributed by atoms with E-state index in [0.29, 0.717) is 22.4 Å². The van der Waals surface area contributed by atoms with Crippen LogP contribution in [0.4, 0.5) is 5.82 Å². The molecule has 0 bridgehead atoms. The molecule has 0 aromatic carbocycles. The van der Waals surface area contributed by atoms with E-state index in [1.165, 1.54) is 0 Å². The monoisotopic (exact) mass is 248 g/mol. The first kappa shape index (κ1) is 12.6. The molecule has 84 valence electrons. The van der Waals surface area contributed by atoms with E-state index < -0.39 is 0 Å². The summed E-state index contributed by atoms with van der Waals surface area (Å²) in [6.45, 7) is 4.61. The van der Waals surface area contributed by atoms with Gasteiger partial charge in [-0.2, -0.15) is 0 Å². The van der Waals surface area contributed by atoms with E-state index >= 15 is 0 Å². The van der Waals surface area contributed by atoms with Crippen molar-refractivity contribution in [2.75, 3.05) is 18.1 Å². The molecule has 1 rings (SSSR count). The minimum Gasteiger partial charge on any atom is -0.395 e. The maximum Gasteiger partial charge on any atom is 0.147 e. The van der Waals surface area contributed by atoms with Crippen LogP contribution in [0, 0.1) is 0 Å². The number of hydrogen-bond acceptors (Lipinski definition) is 3. The summed E-state index contributed by atoms with van der Waals surface area (Å²) in [6, 6.07) is 1.88. The molecule has 0 atom stereocenters. The molecule has 0 spiro atoms. The van der Waals surface area contributed by atoms with Crippen LogP contribution in [0.3, 0.4) is 0 Å². The zero-order valence-electron chi connectivity index (χ0n) is 8.74. The first-order valence-corrected chi connectivity index (χ1v) is 5.50. The van der Waals surface area contributed by atoms with Gasteiger partial charge in [0.2, 0.25) is 0 Å². The fraction of sp³-hybridized carbons (Fsp3) is 0.500. The molecule has 0 amide bonds. The van der Waals surface area contributed by atoms with Gasteiger partial charge in [0.05, 0.1) is 16.7 Å². The summed E-state index contributed by atoms with van der Waals surface area (Å²) in [6.07, 6.45) is 1.55. The van der Waals surface area contributed by atoms with Crippen molar-refractivity contribution < 1.29 is 5.11 Å². The molecule has 0 saturated heterocycles. The van der Waals surface area contributed by atoms with Gasteiger partial charge in [-0.1, -0.05) is 23.2 Å². The van der Waals surface area contributed by atoms with Gasteiger partial charge in [0.25, 0.3) is 0 Å². The fourth-order valence-electron chi connectivity index (χ4n) is 1.34. The molecule has 0 radical (unpaired) electrons. The van der Waals surface area contributed by atoms with E-state index in [0.717, 1.165) is 0 Å². The molecule has 1 aromatic heterocycles. The van der Waals surface area contributed by atoms with Crippen LogP contribution in [0.1, 0.15) is 13.8 Å². The lowest BCUT2D eigenvalue weighted by Gasteiger charge is -2.27. The predicted octanol–water partition coefficient (Wildman–Crippen LogP) is 2.60. The third kappa shape index (κ3) is 3.23. The van der Waals surface area contributed by atoms with E-state index in [9.17, 15) is 0 Å². The van der Waals surface area contributed by atoms with Crippen LogP contribution in [0.25, 0.3) is 0 Å². The van der Waals surface area contributed by atoms with Crippen molar-refractivity contribution in [1.29, 1.82) is 0 Å². The Kier molecular flexibility index (Phi) is 4.64. The highest BCUT2D eigenvalue weighted by atomic mass is 35.5. The lowest BCUT2D eigenvalue weighted by Crippen LogP contribution is -2.34. The molecular weight excluding hydrogens is 235 g/mol. The van der Waals surface area contributed by atoms with Gasteiger partial charge in [-0.3, -0.25) is 0 Å². The van der Waals surface area contributed by atoms with E-state index in [2.05, 4.69) is 4.98 Å². The van der Waals surface area contributed by atoms with Gasteiger partial charge in [0, 0.05) is 18.8 Å².